The summed E-state index contributed by atoms with van der Waals surface area (Å²) in [5, 5.41) is 8.70. The molecule has 1 aromatic rings. The van der Waals surface area contributed by atoms with Crippen molar-refractivity contribution in [3.8, 4) is 17.2 Å². The lowest BCUT2D eigenvalue weighted by molar-refractivity contribution is -0.137. The molecule has 1 atom stereocenters. The molecule has 0 aromatic heterocycles. The molecule has 19 heavy (non-hydrogen) atoms. The Kier molecular flexibility index (Phi) is 5.44. The van der Waals surface area contributed by atoms with Crippen LogP contribution < -0.4 is 19.9 Å². The number of benzene rings is 1. The number of aliphatic carboxylic acids is 1. The van der Waals surface area contributed by atoms with Crippen molar-refractivity contribution in [2.75, 3.05) is 21.3 Å². The lowest BCUT2D eigenvalue weighted by atomic mass is 10.0. The average Bonchev–Trinajstić information content (AvgIpc) is 2.36. The van der Waals surface area contributed by atoms with E-state index in [0.29, 0.717) is 23.7 Å². The summed E-state index contributed by atoms with van der Waals surface area (Å²) in [6.07, 6.45) is 0.333. The topological polar surface area (TPSA) is 91.0 Å². The van der Waals surface area contributed by atoms with Crippen molar-refractivity contribution in [1.82, 2.24) is 0 Å². The molecule has 6 nitrogen and oxygen atoms in total. The van der Waals surface area contributed by atoms with Gasteiger partial charge in [-0.3, -0.25) is 4.79 Å². The number of carbonyl (C=O) groups is 1. The second kappa shape index (κ2) is 6.84. The van der Waals surface area contributed by atoms with Gasteiger partial charge in [-0.1, -0.05) is 0 Å². The fourth-order valence-corrected chi connectivity index (χ4v) is 1.85. The van der Waals surface area contributed by atoms with E-state index in [0.717, 1.165) is 5.56 Å². The van der Waals surface area contributed by atoms with Gasteiger partial charge in [-0.15, -0.1) is 0 Å². The summed E-state index contributed by atoms with van der Waals surface area (Å²) >= 11 is 0. The summed E-state index contributed by atoms with van der Waals surface area (Å²) in [7, 11) is 4.58. The highest BCUT2D eigenvalue weighted by molar-refractivity contribution is 5.67. The quantitative estimate of drug-likeness (QED) is 0.769. The van der Waals surface area contributed by atoms with Gasteiger partial charge in [0, 0.05) is 6.04 Å². The van der Waals surface area contributed by atoms with Crippen LogP contribution in [0.25, 0.3) is 0 Å². The van der Waals surface area contributed by atoms with Gasteiger partial charge in [0.25, 0.3) is 0 Å². The molecule has 0 saturated heterocycles. The molecule has 0 fully saturated rings. The van der Waals surface area contributed by atoms with E-state index in [-0.39, 0.29) is 6.42 Å². The van der Waals surface area contributed by atoms with Crippen molar-refractivity contribution in [3.05, 3.63) is 17.7 Å². The maximum absolute atomic E-state index is 10.6. The number of nitrogens with two attached hydrogens (primary N) is 1. The van der Waals surface area contributed by atoms with E-state index in [9.17, 15) is 4.79 Å². The first kappa shape index (κ1) is 15.1. The molecule has 1 rings (SSSR count). The SMILES string of the molecule is COc1cc(CC(N)CC(=O)O)cc(OC)c1OC. The Bertz CT molecular complexity index is 422. The second-order valence-electron chi connectivity index (χ2n) is 4.10. The Morgan fingerprint density at radius 3 is 2.11 bits per heavy atom. The van der Waals surface area contributed by atoms with Gasteiger partial charge in [0.2, 0.25) is 5.75 Å². The molecule has 0 amide bonds. The lowest BCUT2D eigenvalue weighted by Crippen LogP contribution is -2.26. The van der Waals surface area contributed by atoms with Crippen LogP contribution in [0.15, 0.2) is 12.1 Å². The standard InChI is InChI=1S/C13H19NO5/c1-17-10-5-8(4-9(14)7-12(15)16)6-11(18-2)13(10)19-3/h5-6,9H,4,7,14H2,1-3H3,(H,15,16). The Balaban J connectivity index is 2.99. The molecular weight excluding hydrogens is 250 g/mol. The molecule has 0 aliphatic rings. The molecule has 0 saturated carbocycles. The highest BCUT2D eigenvalue weighted by atomic mass is 16.5. The minimum absolute atomic E-state index is 0.0866. The van der Waals surface area contributed by atoms with E-state index in [4.69, 9.17) is 25.1 Å². The summed E-state index contributed by atoms with van der Waals surface area (Å²) in [6, 6.07) is 3.08. The number of hydrogen-bond donors (Lipinski definition) is 2. The predicted octanol–water partition coefficient (Wildman–Crippen LogP) is 1.06. The van der Waals surface area contributed by atoms with Gasteiger partial charge < -0.3 is 25.1 Å². The van der Waals surface area contributed by atoms with Crippen molar-refractivity contribution in [3.63, 3.8) is 0 Å². The molecule has 0 spiro atoms. The molecule has 1 aromatic carbocycles. The monoisotopic (exact) mass is 269 g/mol. The van der Waals surface area contributed by atoms with E-state index in [1.54, 1.807) is 12.1 Å². The summed E-state index contributed by atoms with van der Waals surface area (Å²) < 4.78 is 15.6. The Morgan fingerprint density at radius 1 is 1.21 bits per heavy atom. The smallest absolute Gasteiger partial charge is 0.304 e. The van der Waals surface area contributed by atoms with Crippen LogP contribution in [0.3, 0.4) is 0 Å². The molecule has 0 aliphatic heterocycles. The van der Waals surface area contributed by atoms with E-state index < -0.39 is 12.0 Å². The summed E-state index contributed by atoms with van der Waals surface area (Å²) in [5.41, 5.74) is 6.60. The number of hydrogen-bond acceptors (Lipinski definition) is 5. The number of carboxylic acid groups (broad SMARTS) is 1. The van der Waals surface area contributed by atoms with Crippen LogP contribution in [0.5, 0.6) is 17.2 Å². The first-order valence-corrected chi connectivity index (χ1v) is 5.78. The maximum atomic E-state index is 10.6. The Morgan fingerprint density at radius 2 is 1.74 bits per heavy atom. The molecule has 0 heterocycles. The van der Waals surface area contributed by atoms with Crippen LogP contribution in [0, 0.1) is 0 Å². The van der Waals surface area contributed by atoms with Crippen molar-refractivity contribution in [2.24, 2.45) is 5.73 Å². The van der Waals surface area contributed by atoms with Crippen LogP contribution in [0.1, 0.15) is 12.0 Å². The Hall–Kier alpha value is -1.95. The molecule has 106 valence electrons. The second-order valence-corrected chi connectivity index (χ2v) is 4.10. The summed E-state index contributed by atoms with van der Waals surface area (Å²) in [4.78, 5) is 10.6. The number of rotatable bonds is 7. The molecule has 0 aliphatic carbocycles. The number of carboxylic acids is 1. The van der Waals surface area contributed by atoms with Crippen molar-refractivity contribution in [2.45, 2.75) is 18.9 Å². The summed E-state index contributed by atoms with van der Waals surface area (Å²) in [5.74, 6) is 0.638. The predicted molar refractivity (Wildman–Crippen MR) is 70.0 cm³/mol. The molecule has 1 unspecified atom stereocenters. The highest BCUT2D eigenvalue weighted by Crippen LogP contribution is 2.38. The van der Waals surface area contributed by atoms with Gasteiger partial charge >= 0.3 is 5.97 Å². The number of methoxy groups -OCH3 is 3. The van der Waals surface area contributed by atoms with E-state index >= 15 is 0 Å². The molecule has 0 radical (unpaired) electrons. The largest absolute Gasteiger partial charge is 0.493 e. The maximum Gasteiger partial charge on any atom is 0.304 e. The van der Waals surface area contributed by atoms with Crippen LogP contribution in [-0.2, 0) is 11.2 Å². The third-order valence-electron chi connectivity index (χ3n) is 2.66. The highest BCUT2D eigenvalue weighted by Gasteiger charge is 2.15. The van der Waals surface area contributed by atoms with Gasteiger partial charge in [-0.05, 0) is 24.1 Å². The average molecular weight is 269 g/mol. The van der Waals surface area contributed by atoms with Gasteiger partial charge in [0.1, 0.15) is 0 Å². The first-order chi connectivity index (χ1) is 9.01. The zero-order valence-corrected chi connectivity index (χ0v) is 11.3. The van der Waals surface area contributed by atoms with Crippen molar-refractivity contribution in [1.29, 1.82) is 0 Å². The van der Waals surface area contributed by atoms with Gasteiger partial charge in [0.05, 0.1) is 27.8 Å². The third kappa shape index (κ3) is 4.03. The van der Waals surface area contributed by atoms with Gasteiger partial charge in [-0.2, -0.15) is 0 Å². The minimum Gasteiger partial charge on any atom is -0.493 e. The van der Waals surface area contributed by atoms with Crippen LogP contribution in [0.4, 0.5) is 0 Å². The van der Waals surface area contributed by atoms with Crippen LogP contribution >= 0.6 is 0 Å². The van der Waals surface area contributed by atoms with Crippen LogP contribution in [-0.4, -0.2) is 38.4 Å². The minimum atomic E-state index is -0.917. The van der Waals surface area contributed by atoms with Gasteiger partial charge in [0.15, 0.2) is 11.5 Å². The first-order valence-electron chi connectivity index (χ1n) is 5.78. The normalized spacial score (nSPS) is 11.8. The fraction of sp³-hybridized carbons (Fsp3) is 0.462. The summed E-state index contributed by atoms with van der Waals surface area (Å²) in [6.45, 7) is 0. The van der Waals surface area contributed by atoms with E-state index in [1.165, 1.54) is 21.3 Å². The van der Waals surface area contributed by atoms with E-state index in [1.807, 2.05) is 0 Å². The third-order valence-corrected chi connectivity index (χ3v) is 2.66. The molecule has 6 heteroatoms. The van der Waals surface area contributed by atoms with E-state index in [2.05, 4.69) is 0 Å². The van der Waals surface area contributed by atoms with Crippen molar-refractivity contribution >= 4 is 5.97 Å². The van der Waals surface area contributed by atoms with Crippen molar-refractivity contribution < 1.29 is 24.1 Å². The molecular formula is C13H19NO5. The van der Waals surface area contributed by atoms with Crippen LogP contribution in [0.2, 0.25) is 0 Å². The lowest BCUT2D eigenvalue weighted by Gasteiger charge is -2.15. The molecule has 3 N–H and O–H groups in total. The zero-order valence-electron chi connectivity index (χ0n) is 11.3. The fourth-order valence-electron chi connectivity index (χ4n) is 1.85. The van der Waals surface area contributed by atoms with Gasteiger partial charge in [-0.25, -0.2) is 0 Å². The number of ether oxygens (including phenoxy) is 3. The molecule has 0 bridgehead atoms. The zero-order chi connectivity index (χ0) is 14.4. The Labute approximate surface area is 112 Å².